The summed E-state index contributed by atoms with van der Waals surface area (Å²) in [6.45, 7) is 4.51. The fourth-order valence-electron chi connectivity index (χ4n) is 1.45. The van der Waals surface area contributed by atoms with Gasteiger partial charge >= 0.3 is 0 Å². The molecule has 0 saturated heterocycles. The average Bonchev–Trinajstić information content (AvgIpc) is 2.50. The zero-order chi connectivity index (χ0) is 10.8. The molecule has 0 radical (unpaired) electrons. The quantitative estimate of drug-likeness (QED) is 0.692. The van der Waals surface area contributed by atoms with E-state index in [1.165, 1.54) is 0 Å². The number of fused-ring (bicyclic) bond motifs is 1. The average molecular weight is 284 g/mol. The number of aromatic nitrogens is 3. The molecule has 2 aromatic heterocycles. The molecular weight excluding hydrogens is 274 g/mol. The standard InChI is InChI=1S/C10H10BrN3S/c1-2-3-4-14-9-8(13-10(14)15)5-7(11)6-12-9/h2,5-6H,1,3-4H2,(H,13,15). The van der Waals surface area contributed by atoms with E-state index in [2.05, 4.69) is 32.5 Å². The van der Waals surface area contributed by atoms with Crippen LogP contribution < -0.4 is 0 Å². The molecule has 0 atom stereocenters. The van der Waals surface area contributed by atoms with Gasteiger partial charge in [0.1, 0.15) is 0 Å². The normalized spacial score (nSPS) is 10.7. The summed E-state index contributed by atoms with van der Waals surface area (Å²) in [7, 11) is 0. The van der Waals surface area contributed by atoms with E-state index in [9.17, 15) is 0 Å². The lowest BCUT2D eigenvalue weighted by atomic mass is 10.4. The molecule has 2 heterocycles. The molecule has 2 rings (SSSR count). The van der Waals surface area contributed by atoms with Crippen LogP contribution in [0.5, 0.6) is 0 Å². The van der Waals surface area contributed by atoms with Gasteiger partial charge in [-0.15, -0.1) is 6.58 Å². The Hall–Kier alpha value is -0.940. The van der Waals surface area contributed by atoms with Gasteiger partial charge in [0.05, 0.1) is 5.52 Å². The van der Waals surface area contributed by atoms with Crippen LogP contribution in [0, 0.1) is 4.77 Å². The van der Waals surface area contributed by atoms with Crippen LogP contribution in [0.1, 0.15) is 6.42 Å². The summed E-state index contributed by atoms with van der Waals surface area (Å²) in [5.74, 6) is 0. The highest BCUT2D eigenvalue weighted by molar-refractivity contribution is 9.10. The summed E-state index contributed by atoms with van der Waals surface area (Å²) in [5, 5.41) is 0. The van der Waals surface area contributed by atoms with Crippen molar-refractivity contribution in [3.8, 4) is 0 Å². The van der Waals surface area contributed by atoms with Gasteiger partial charge in [-0.3, -0.25) is 0 Å². The summed E-state index contributed by atoms with van der Waals surface area (Å²) in [6, 6.07) is 1.97. The number of nitrogens with zero attached hydrogens (tertiary/aromatic N) is 2. The van der Waals surface area contributed by atoms with E-state index in [0.29, 0.717) is 4.77 Å². The first kappa shape index (κ1) is 10.6. The Morgan fingerprint density at radius 1 is 1.67 bits per heavy atom. The van der Waals surface area contributed by atoms with Gasteiger partial charge in [0.2, 0.25) is 0 Å². The first-order valence-electron chi connectivity index (χ1n) is 4.57. The van der Waals surface area contributed by atoms with E-state index in [4.69, 9.17) is 12.2 Å². The number of aryl methyl sites for hydroxylation is 1. The zero-order valence-electron chi connectivity index (χ0n) is 8.03. The number of hydrogen-bond donors (Lipinski definition) is 1. The van der Waals surface area contributed by atoms with E-state index in [1.54, 1.807) is 6.20 Å². The van der Waals surface area contributed by atoms with E-state index in [0.717, 1.165) is 28.6 Å². The van der Waals surface area contributed by atoms with Gasteiger partial charge < -0.3 is 9.55 Å². The Labute approximate surface area is 101 Å². The minimum absolute atomic E-state index is 0.706. The smallest absolute Gasteiger partial charge is 0.179 e. The summed E-state index contributed by atoms with van der Waals surface area (Å²) < 4.78 is 3.64. The molecule has 0 saturated carbocycles. The van der Waals surface area contributed by atoms with Crippen LogP contribution in [0.25, 0.3) is 11.2 Å². The number of nitrogens with one attached hydrogen (secondary N) is 1. The highest BCUT2D eigenvalue weighted by Crippen LogP contribution is 2.17. The molecule has 0 spiro atoms. The van der Waals surface area contributed by atoms with Gasteiger partial charge in [-0.1, -0.05) is 6.08 Å². The molecule has 5 heteroatoms. The molecule has 78 valence electrons. The number of H-pyrrole nitrogens is 1. The number of pyridine rings is 1. The van der Waals surface area contributed by atoms with Crippen LogP contribution in [-0.4, -0.2) is 14.5 Å². The first-order valence-corrected chi connectivity index (χ1v) is 5.77. The Morgan fingerprint density at radius 3 is 3.20 bits per heavy atom. The first-order chi connectivity index (χ1) is 7.22. The fraction of sp³-hybridized carbons (Fsp3) is 0.200. The number of aromatic amines is 1. The predicted molar refractivity (Wildman–Crippen MR) is 67.4 cm³/mol. The van der Waals surface area contributed by atoms with Gasteiger partial charge in [-0.05, 0) is 40.6 Å². The largest absolute Gasteiger partial charge is 0.329 e. The van der Waals surface area contributed by atoms with Crippen molar-refractivity contribution in [2.75, 3.05) is 0 Å². The molecule has 15 heavy (non-hydrogen) atoms. The second-order valence-electron chi connectivity index (χ2n) is 3.18. The second-order valence-corrected chi connectivity index (χ2v) is 4.49. The molecule has 0 amide bonds. The van der Waals surface area contributed by atoms with Crippen molar-refractivity contribution in [3.63, 3.8) is 0 Å². The fourth-order valence-corrected chi connectivity index (χ4v) is 2.06. The van der Waals surface area contributed by atoms with Crippen molar-refractivity contribution < 1.29 is 0 Å². The Bertz CT molecular complexity index is 555. The van der Waals surface area contributed by atoms with E-state index in [-0.39, 0.29) is 0 Å². The number of allylic oxidation sites excluding steroid dienone is 1. The second kappa shape index (κ2) is 4.28. The maximum atomic E-state index is 5.23. The number of hydrogen-bond acceptors (Lipinski definition) is 2. The lowest BCUT2D eigenvalue weighted by Gasteiger charge is -2.00. The molecule has 0 aliphatic carbocycles. The number of halogens is 1. The molecular formula is C10H10BrN3S. The van der Waals surface area contributed by atoms with E-state index < -0.39 is 0 Å². The van der Waals surface area contributed by atoms with Crippen molar-refractivity contribution in [2.45, 2.75) is 13.0 Å². The SMILES string of the molecule is C=CCCn1c(=S)[nH]c2cc(Br)cnc21. The van der Waals surface area contributed by atoms with Crippen LogP contribution >= 0.6 is 28.1 Å². The third-order valence-corrected chi connectivity index (χ3v) is 2.89. The Morgan fingerprint density at radius 2 is 2.47 bits per heavy atom. The molecule has 0 bridgehead atoms. The van der Waals surface area contributed by atoms with Gasteiger partial charge in [-0.2, -0.15) is 0 Å². The Balaban J connectivity index is 2.58. The third-order valence-electron chi connectivity index (χ3n) is 2.13. The van der Waals surface area contributed by atoms with Crippen molar-refractivity contribution in [2.24, 2.45) is 0 Å². The Kier molecular flexibility index (Phi) is 3.02. The minimum Gasteiger partial charge on any atom is -0.329 e. The predicted octanol–water partition coefficient (Wildman–Crippen LogP) is 3.43. The van der Waals surface area contributed by atoms with Crippen LogP contribution in [-0.2, 0) is 6.54 Å². The summed E-state index contributed by atoms with van der Waals surface area (Å²) in [6.07, 6.45) is 4.54. The number of rotatable bonds is 3. The monoisotopic (exact) mass is 283 g/mol. The van der Waals surface area contributed by atoms with E-state index >= 15 is 0 Å². The van der Waals surface area contributed by atoms with Crippen LogP contribution in [0.4, 0.5) is 0 Å². The van der Waals surface area contributed by atoms with Crippen LogP contribution in [0.2, 0.25) is 0 Å². The number of imidazole rings is 1. The van der Waals surface area contributed by atoms with E-state index in [1.807, 2.05) is 16.7 Å². The summed E-state index contributed by atoms with van der Waals surface area (Å²) in [4.78, 5) is 7.47. The third kappa shape index (κ3) is 2.03. The minimum atomic E-state index is 0.706. The topological polar surface area (TPSA) is 33.6 Å². The zero-order valence-corrected chi connectivity index (χ0v) is 10.4. The lowest BCUT2D eigenvalue weighted by Crippen LogP contribution is -1.97. The van der Waals surface area contributed by atoms with Crippen molar-refractivity contribution >= 4 is 39.3 Å². The molecule has 0 fully saturated rings. The molecule has 0 aliphatic rings. The molecule has 1 N–H and O–H groups in total. The summed E-state index contributed by atoms with van der Waals surface area (Å²) in [5.41, 5.74) is 1.85. The molecule has 0 aromatic carbocycles. The van der Waals surface area contributed by atoms with Gasteiger partial charge in [0.15, 0.2) is 10.4 Å². The molecule has 0 unspecified atom stereocenters. The maximum Gasteiger partial charge on any atom is 0.179 e. The van der Waals surface area contributed by atoms with Gasteiger partial charge in [0, 0.05) is 17.2 Å². The van der Waals surface area contributed by atoms with Crippen molar-refractivity contribution in [1.82, 2.24) is 14.5 Å². The van der Waals surface area contributed by atoms with Crippen LogP contribution in [0.15, 0.2) is 29.4 Å². The van der Waals surface area contributed by atoms with Crippen LogP contribution in [0.3, 0.4) is 0 Å². The van der Waals surface area contributed by atoms with Crippen molar-refractivity contribution in [1.29, 1.82) is 0 Å². The van der Waals surface area contributed by atoms with Crippen molar-refractivity contribution in [3.05, 3.63) is 34.2 Å². The maximum absolute atomic E-state index is 5.23. The molecule has 3 nitrogen and oxygen atoms in total. The highest BCUT2D eigenvalue weighted by atomic mass is 79.9. The summed E-state index contributed by atoms with van der Waals surface area (Å²) >= 11 is 8.60. The van der Waals surface area contributed by atoms with Gasteiger partial charge in [-0.25, -0.2) is 4.98 Å². The molecule has 0 aliphatic heterocycles. The lowest BCUT2D eigenvalue weighted by molar-refractivity contribution is 0.714. The van der Waals surface area contributed by atoms with Gasteiger partial charge in [0.25, 0.3) is 0 Å². The highest BCUT2D eigenvalue weighted by Gasteiger charge is 2.04. The molecule has 2 aromatic rings.